The van der Waals surface area contributed by atoms with Crippen LogP contribution >= 0.6 is 11.6 Å². The molecule has 41 heavy (non-hydrogen) atoms. The topological polar surface area (TPSA) is 111 Å². The molecule has 1 aromatic carbocycles. The molecule has 1 saturated heterocycles. The molecule has 0 unspecified atom stereocenters. The van der Waals surface area contributed by atoms with Gasteiger partial charge in [0.05, 0.1) is 23.6 Å². The Morgan fingerprint density at radius 2 is 1.78 bits per heavy atom. The minimum absolute atomic E-state index is 0.151. The molecule has 5 rings (SSSR count). The summed E-state index contributed by atoms with van der Waals surface area (Å²) in [7, 11) is 0. The second-order valence-corrected chi connectivity index (χ2v) is 13.4. The average Bonchev–Trinajstić information content (AvgIpc) is 3.48. The number of rotatable bonds is 1. The maximum Gasteiger partial charge on any atom is 0.408 e. The van der Waals surface area contributed by atoms with Crippen molar-refractivity contribution in [3.05, 3.63) is 28.9 Å². The maximum atomic E-state index is 14.0. The zero-order valence-corrected chi connectivity index (χ0v) is 25.2. The molecule has 3 heterocycles. The zero-order valence-electron chi connectivity index (χ0n) is 24.4. The van der Waals surface area contributed by atoms with E-state index in [2.05, 4.69) is 5.32 Å². The number of nitrogens with zero attached hydrogens (tertiary/aromatic N) is 3. The van der Waals surface area contributed by atoms with E-state index in [0.717, 1.165) is 62.4 Å². The van der Waals surface area contributed by atoms with E-state index < -0.39 is 29.7 Å². The van der Waals surface area contributed by atoms with Gasteiger partial charge in [-0.15, -0.1) is 0 Å². The molecule has 1 aromatic heterocycles. The van der Waals surface area contributed by atoms with Crippen molar-refractivity contribution < 1.29 is 23.9 Å². The van der Waals surface area contributed by atoms with Crippen LogP contribution in [0.5, 0.6) is 5.88 Å². The van der Waals surface area contributed by atoms with Crippen molar-refractivity contribution in [2.75, 3.05) is 6.54 Å². The smallest absolute Gasteiger partial charge is 0.408 e. The lowest BCUT2D eigenvalue weighted by molar-refractivity contribution is -0.139. The molecule has 2 aromatic rings. The molecule has 222 valence electrons. The summed E-state index contributed by atoms with van der Waals surface area (Å²) in [5.74, 6) is 0.106. The third-order valence-electron chi connectivity index (χ3n) is 8.92. The van der Waals surface area contributed by atoms with Gasteiger partial charge in [-0.25, -0.2) is 14.8 Å². The van der Waals surface area contributed by atoms with Crippen LogP contribution in [0, 0.1) is 17.3 Å². The Hall–Kier alpha value is -2.94. The van der Waals surface area contributed by atoms with E-state index in [9.17, 15) is 14.4 Å². The highest BCUT2D eigenvalue weighted by molar-refractivity contribution is 6.31. The van der Waals surface area contributed by atoms with Crippen LogP contribution in [0.15, 0.2) is 18.2 Å². The third kappa shape index (κ3) is 6.45. The van der Waals surface area contributed by atoms with E-state index in [1.54, 1.807) is 12.1 Å². The molecular formula is C31H41ClN4O5. The number of nitrogens with one attached hydrogen (secondary N) is 1. The number of hydrogen-bond donors (Lipinski definition) is 1. The van der Waals surface area contributed by atoms with Crippen molar-refractivity contribution in [2.45, 2.75) is 103 Å². The number of amides is 2. The number of carbonyl (C=O) groups excluding carboxylic acids is 3. The molecular weight excluding hydrogens is 544 g/mol. The van der Waals surface area contributed by atoms with Crippen LogP contribution in [0.2, 0.25) is 5.02 Å². The Morgan fingerprint density at radius 1 is 1.00 bits per heavy atom. The first kappa shape index (κ1) is 29.5. The van der Waals surface area contributed by atoms with Crippen LogP contribution in [0.3, 0.4) is 0 Å². The highest BCUT2D eigenvalue weighted by Gasteiger charge is 2.47. The number of aldehydes is 1. The Balaban J connectivity index is 1.50. The predicted molar refractivity (Wildman–Crippen MR) is 156 cm³/mol. The molecule has 2 bridgehead atoms. The second-order valence-electron chi connectivity index (χ2n) is 12.9. The van der Waals surface area contributed by atoms with Gasteiger partial charge in [0.1, 0.15) is 30.2 Å². The van der Waals surface area contributed by atoms with Crippen LogP contribution in [-0.4, -0.2) is 64.0 Å². The monoisotopic (exact) mass is 584 g/mol. The molecule has 10 heteroatoms. The Bertz CT molecular complexity index is 1300. The van der Waals surface area contributed by atoms with Gasteiger partial charge in [-0.2, -0.15) is 0 Å². The SMILES string of the molecule is C[C@@H]1[C@@H]2CN(C(=O)[C@H](C(C)(C)C)NC(=O)O[C@@H]3CCC[C@H]3CCCCCc3nc4ccc(Cl)cc4nc3O2)[C@@H]1C=O. The standard InChI is InChI=1S/C31H41ClN4O5/c1-18-24(17-37)36-16-26(18)40-28-22(33-21-14-13-20(32)15-23(21)34-28)11-7-5-6-9-19-10-8-12-25(19)41-30(39)35-27(29(36)38)31(2,3)4/h13-15,17-19,24-27H,5-12,16H2,1-4H3,(H,35,39)/t18-,19+,24+,25+,26-,27+/m0/s1. The summed E-state index contributed by atoms with van der Waals surface area (Å²) in [6, 6.07) is 3.84. The lowest BCUT2D eigenvalue weighted by Gasteiger charge is -2.35. The predicted octanol–water partition coefficient (Wildman–Crippen LogP) is 5.50. The van der Waals surface area contributed by atoms with Crippen molar-refractivity contribution >= 4 is 40.9 Å². The van der Waals surface area contributed by atoms with Crippen LogP contribution in [0.1, 0.15) is 78.3 Å². The van der Waals surface area contributed by atoms with Crippen molar-refractivity contribution in [2.24, 2.45) is 17.3 Å². The highest BCUT2D eigenvalue weighted by Crippen LogP contribution is 2.35. The lowest BCUT2D eigenvalue weighted by Crippen LogP contribution is -2.56. The molecule has 0 radical (unpaired) electrons. The molecule has 0 spiro atoms. The Kier molecular flexibility index (Phi) is 8.73. The molecule has 2 fully saturated rings. The fourth-order valence-corrected chi connectivity index (χ4v) is 6.65. The summed E-state index contributed by atoms with van der Waals surface area (Å²) < 4.78 is 12.4. The van der Waals surface area contributed by atoms with Gasteiger partial charge in [0, 0.05) is 10.9 Å². The lowest BCUT2D eigenvalue weighted by atomic mass is 9.85. The molecule has 2 aliphatic heterocycles. The van der Waals surface area contributed by atoms with Crippen molar-refractivity contribution in [3.63, 3.8) is 0 Å². The largest absolute Gasteiger partial charge is 0.471 e. The number of alkyl carbamates (subject to hydrolysis) is 1. The Morgan fingerprint density at radius 3 is 2.54 bits per heavy atom. The summed E-state index contributed by atoms with van der Waals surface area (Å²) >= 11 is 6.24. The third-order valence-corrected chi connectivity index (χ3v) is 9.16. The fraction of sp³-hybridized carbons (Fsp3) is 0.645. The number of fused-ring (bicyclic) bond motifs is 5. The molecule has 6 atom stereocenters. The van der Waals surface area contributed by atoms with Gasteiger partial charge in [-0.3, -0.25) is 4.79 Å². The first-order valence-electron chi connectivity index (χ1n) is 14.9. The summed E-state index contributed by atoms with van der Waals surface area (Å²) in [6.07, 6.45) is 7.11. The summed E-state index contributed by atoms with van der Waals surface area (Å²) in [6.45, 7) is 7.77. The molecule has 1 aliphatic carbocycles. The first-order valence-corrected chi connectivity index (χ1v) is 15.3. The van der Waals surface area contributed by atoms with Gasteiger partial charge in [0.2, 0.25) is 11.8 Å². The number of halogens is 1. The van der Waals surface area contributed by atoms with E-state index >= 15 is 0 Å². The minimum atomic E-state index is -0.875. The normalized spacial score (nSPS) is 29.9. The van der Waals surface area contributed by atoms with Crippen molar-refractivity contribution in [1.29, 1.82) is 0 Å². The second kappa shape index (κ2) is 12.1. The number of hydrogen-bond acceptors (Lipinski definition) is 7. The van der Waals surface area contributed by atoms with Gasteiger partial charge >= 0.3 is 6.09 Å². The molecule has 3 aliphatic rings. The van der Waals surface area contributed by atoms with Gasteiger partial charge in [-0.05, 0) is 68.1 Å². The first-order chi connectivity index (χ1) is 19.5. The van der Waals surface area contributed by atoms with Crippen LogP contribution in [0.25, 0.3) is 11.0 Å². The maximum absolute atomic E-state index is 14.0. The van der Waals surface area contributed by atoms with Crippen molar-refractivity contribution in [3.8, 4) is 5.88 Å². The van der Waals surface area contributed by atoms with E-state index in [1.165, 1.54) is 4.90 Å². The fourth-order valence-electron chi connectivity index (χ4n) is 6.48. The quantitative estimate of drug-likeness (QED) is 0.440. The number of ether oxygens (including phenoxy) is 2. The van der Waals surface area contributed by atoms with Crippen molar-refractivity contribution in [1.82, 2.24) is 20.2 Å². The number of carbonyl (C=O) groups is 3. The van der Waals surface area contributed by atoms with E-state index in [4.69, 9.17) is 31.0 Å². The minimum Gasteiger partial charge on any atom is -0.471 e. The van der Waals surface area contributed by atoms with E-state index in [0.29, 0.717) is 28.8 Å². The molecule has 2 amide bonds. The zero-order chi connectivity index (χ0) is 29.3. The van der Waals surface area contributed by atoms with E-state index in [-0.39, 0.29) is 24.5 Å². The van der Waals surface area contributed by atoms with Gasteiger partial charge in [-0.1, -0.05) is 52.1 Å². The molecule has 1 N–H and O–H groups in total. The highest BCUT2D eigenvalue weighted by atomic mass is 35.5. The van der Waals surface area contributed by atoms with Crippen LogP contribution in [-0.2, 0) is 20.7 Å². The summed E-state index contributed by atoms with van der Waals surface area (Å²) in [5.41, 5.74) is 1.53. The number of aromatic nitrogens is 2. The summed E-state index contributed by atoms with van der Waals surface area (Å²) in [4.78, 5) is 50.6. The van der Waals surface area contributed by atoms with E-state index in [1.807, 2.05) is 33.8 Å². The van der Waals surface area contributed by atoms with Crippen LogP contribution < -0.4 is 10.1 Å². The van der Waals surface area contributed by atoms with Gasteiger partial charge in [0.25, 0.3) is 0 Å². The molecule has 1 saturated carbocycles. The number of aryl methyl sites for hydroxylation is 1. The van der Waals surface area contributed by atoms with Gasteiger partial charge in [0.15, 0.2) is 0 Å². The number of benzene rings is 1. The summed E-state index contributed by atoms with van der Waals surface area (Å²) in [5, 5.41) is 3.42. The average molecular weight is 585 g/mol. The molecule has 9 nitrogen and oxygen atoms in total. The Labute approximate surface area is 246 Å². The van der Waals surface area contributed by atoms with Crippen LogP contribution in [0.4, 0.5) is 4.79 Å². The van der Waals surface area contributed by atoms with Gasteiger partial charge < -0.3 is 24.5 Å².